The Kier molecular flexibility index (Phi) is 3.58. The van der Waals surface area contributed by atoms with Crippen molar-refractivity contribution in [2.75, 3.05) is 19.6 Å². The fraction of sp³-hybridized carbons (Fsp3) is 0.545. The molecular weight excluding hydrogens is 224 g/mol. The van der Waals surface area contributed by atoms with Crippen molar-refractivity contribution in [1.82, 2.24) is 10.2 Å². The Morgan fingerprint density at radius 1 is 1.75 bits per heavy atom. The number of carboxylic acids is 1. The predicted molar refractivity (Wildman–Crippen MR) is 63.7 cm³/mol. The van der Waals surface area contributed by atoms with Gasteiger partial charge in [-0.15, -0.1) is 11.3 Å². The highest BCUT2D eigenvalue weighted by Crippen LogP contribution is 2.26. The smallest absolute Gasteiger partial charge is 0.322 e. The normalized spacial score (nSPS) is 24.2. The molecule has 2 heterocycles. The van der Waals surface area contributed by atoms with Crippen molar-refractivity contribution in [3.8, 4) is 0 Å². The molecule has 0 bridgehead atoms. The zero-order valence-corrected chi connectivity index (χ0v) is 10.0. The molecule has 0 aliphatic carbocycles. The molecule has 1 aliphatic heterocycles. The summed E-state index contributed by atoms with van der Waals surface area (Å²) in [6.07, 6.45) is 0. The Hall–Kier alpha value is -0.910. The van der Waals surface area contributed by atoms with Gasteiger partial charge in [0.2, 0.25) is 0 Å². The zero-order chi connectivity index (χ0) is 11.5. The van der Waals surface area contributed by atoms with Crippen LogP contribution in [-0.4, -0.2) is 41.7 Å². The molecule has 4 nitrogen and oxygen atoms in total. The van der Waals surface area contributed by atoms with Gasteiger partial charge in [-0.3, -0.25) is 9.69 Å². The van der Waals surface area contributed by atoms with E-state index in [2.05, 4.69) is 23.2 Å². The SMILES string of the molecule is C[C@@H](c1cccs1)N1CCNC[C@H]1C(=O)O. The van der Waals surface area contributed by atoms with Crippen molar-refractivity contribution in [1.29, 1.82) is 0 Å². The maximum absolute atomic E-state index is 11.2. The summed E-state index contributed by atoms with van der Waals surface area (Å²) in [5.41, 5.74) is 0. The Bertz CT molecular complexity index is 353. The summed E-state index contributed by atoms with van der Waals surface area (Å²) in [5.74, 6) is -0.740. The average molecular weight is 240 g/mol. The second-order valence-electron chi connectivity index (χ2n) is 3.99. The van der Waals surface area contributed by atoms with Gasteiger partial charge in [-0.05, 0) is 18.4 Å². The third-order valence-electron chi connectivity index (χ3n) is 3.02. The first-order valence-electron chi connectivity index (χ1n) is 5.43. The third-order valence-corrected chi connectivity index (χ3v) is 4.06. The van der Waals surface area contributed by atoms with Crippen molar-refractivity contribution < 1.29 is 9.90 Å². The predicted octanol–water partition coefficient (Wildman–Crippen LogP) is 1.17. The van der Waals surface area contributed by atoms with Gasteiger partial charge in [-0.25, -0.2) is 0 Å². The lowest BCUT2D eigenvalue weighted by molar-refractivity contribution is -0.145. The van der Waals surface area contributed by atoms with E-state index < -0.39 is 12.0 Å². The summed E-state index contributed by atoms with van der Waals surface area (Å²) < 4.78 is 0. The van der Waals surface area contributed by atoms with Crippen LogP contribution < -0.4 is 5.32 Å². The summed E-state index contributed by atoms with van der Waals surface area (Å²) >= 11 is 1.68. The molecule has 5 heteroatoms. The minimum atomic E-state index is -0.740. The van der Waals surface area contributed by atoms with Crippen LogP contribution in [0.1, 0.15) is 17.8 Å². The molecule has 1 aromatic rings. The number of thiophene rings is 1. The van der Waals surface area contributed by atoms with Gasteiger partial charge in [0.25, 0.3) is 0 Å². The fourth-order valence-electron chi connectivity index (χ4n) is 2.11. The van der Waals surface area contributed by atoms with Crippen molar-refractivity contribution in [3.05, 3.63) is 22.4 Å². The summed E-state index contributed by atoms with van der Waals surface area (Å²) in [5, 5.41) is 14.3. The summed E-state index contributed by atoms with van der Waals surface area (Å²) in [7, 11) is 0. The molecule has 2 atom stereocenters. The van der Waals surface area contributed by atoms with Gasteiger partial charge in [0.05, 0.1) is 0 Å². The quantitative estimate of drug-likeness (QED) is 0.832. The largest absolute Gasteiger partial charge is 0.480 e. The van der Waals surface area contributed by atoms with Crippen LogP contribution in [0.25, 0.3) is 0 Å². The van der Waals surface area contributed by atoms with Gasteiger partial charge in [-0.1, -0.05) is 6.07 Å². The molecule has 0 amide bonds. The van der Waals surface area contributed by atoms with E-state index in [1.807, 2.05) is 11.4 Å². The Balaban J connectivity index is 2.14. The van der Waals surface area contributed by atoms with E-state index in [0.29, 0.717) is 6.54 Å². The highest BCUT2D eigenvalue weighted by molar-refractivity contribution is 7.10. The highest BCUT2D eigenvalue weighted by Gasteiger charge is 2.32. The van der Waals surface area contributed by atoms with Gasteiger partial charge >= 0.3 is 5.97 Å². The number of piperazine rings is 1. The van der Waals surface area contributed by atoms with E-state index in [-0.39, 0.29) is 6.04 Å². The molecule has 1 saturated heterocycles. The van der Waals surface area contributed by atoms with E-state index >= 15 is 0 Å². The molecule has 0 aromatic carbocycles. The molecule has 1 fully saturated rings. The van der Waals surface area contributed by atoms with E-state index in [1.165, 1.54) is 4.88 Å². The molecular formula is C11H16N2O2S. The fourth-order valence-corrected chi connectivity index (χ4v) is 2.91. The van der Waals surface area contributed by atoms with Crippen LogP contribution in [0.4, 0.5) is 0 Å². The number of aliphatic carboxylic acids is 1. The van der Waals surface area contributed by atoms with Crippen molar-refractivity contribution in [2.45, 2.75) is 19.0 Å². The maximum atomic E-state index is 11.2. The van der Waals surface area contributed by atoms with Gasteiger partial charge in [0, 0.05) is 30.6 Å². The molecule has 0 spiro atoms. The molecule has 1 aliphatic rings. The second-order valence-corrected chi connectivity index (χ2v) is 4.97. The molecule has 88 valence electrons. The monoisotopic (exact) mass is 240 g/mol. The number of hydrogen-bond donors (Lipinski definition) is 2. The molecule has 2 rings (SSSR count). The van der Waals surface area contributed by atoms with E-state index in [1.54, 1.807) is 11.3 Å². The highest BCUT2D eigenvalue weighted by atomic mass is 32.1. The topological polar surface area (TPSA) is 52.6 Å². The van der Waals surface area contributed by atoms with E-state index in [4.69, 9.17) is 0 Å². The summed E-state index contributed by atoms with van der Waals surface area (Å²) in [6, 6.07) is 3.85. The van der Waals surface area contributed by atoms with Crippen LogP contribution in [-0.2, 0) is 4.79 Å². The van der Waals surface area contributed by atoms with Crippen LogP contribution in [0, 0.1) is 0 Å². The first-order valence-corrected chi connectivity index (χ1v) is 6.31. The van der Waals surface area contributed by atoms with Gasteiger partial charge in [0.1, 0.15) is 6.04 Å². The van der Waals surface area contributed by atoms with E-state index in [0.717, 1.165) is 13.1 Å². The summed E-state index contributed by atoms with van der Waals surface area (Å²) in [6.45, 7) is 4.26. The van der Waals surface area contributed by atoms with Crippen molar-refractivity contribution >= 4 is 17.3 Å². The lowest BCUT2D eigenvalue weighted by Crippen LogP contribution is -2.55. The zero-order valence-electron chi connectivity index (χ0n) is 9.22. The Morgan fingerprint density at radius 3 is 3.19 bits per heavy atom. The minimum absolute atomic E-state index is 0.184. The van der Waals surface area contributed by atoms with Crippen molar-refractivity contribution in [2.24, 2.45) is 0 Å². The lowest BCUT2D eigenvalue weighted by atomic mass is 10.1. The molecule has 2 N–H and O–H groups in total. The number of carbonyl (C=O) groups is 1. The number of nitrogens with zero attached hydrogens (tertiary/aromatic N) is 1. The maximum Gasteiger partial charge on any atom is 0.322 e. The van der Waals surface area contributed by atoms with Crippen LogP contribution in [0.3, 0.4) is 0 Å². The van der Waals surface area contributed by atoms with Crippen LogP contribution >= 0.6 is 11.3 Å². The molecule has 0 radical (unpaired) electrons. The minimum Gasteiger partial charge on any atom is -0.480 e. The second kappa shape index (κ2) is 4.95. The van der Waals surface area contributed by atoms with Crippen LogP contribution in [0.2, 0.25) is 0 Å². The molecule has 1 aromatic heterocycles. The van der Waals surface area contributed by atoms with Crippen molar-refractivity contribution in [3.63, 3.8) is 0 Å². The summed E-state index contributed by atoms with van der Waals surface area (Å²) in [4.78, 5) is 14.5. The molecule has 0 unspecified atom stereocenters. The first kappa shape index (κ1) is 11.6. The number of nitrogens with one attached hydrogen (secondary N) is 1. The number of hydrogen-bond acceptors (Lipinski definition) is 4. The lowest BCUT2D eigenvalue weighted by Gasteiger charge is -2.37. The molecule has 0 saturated carbocycles. The Morgan fingerprint density at radius 2 is 2.56 bits per heavy atom. The number of carboxylic acid groups (broad SMARTS) is 1. The third kappa shape index (κ3) is 2.26. The average Bonchev–Trinajstić information content (AvgIpc) is 2.81. The Labute approximate surface area is 98.9 Å². The molecule has 16 heavy (non-hydrogen) atoms. The number of rotatable bonds is 3. The van der Waals surface area contributed by atoms with Gasteiger partial charge < -0.3 is 10.4 Å². The van der Waals surface area contributed by atoms with Crippen LogP contribution in [0.5, 0.6) is 0 Å². The standard InChI is InChI=1S/C11H16N2O2S/c1-8(10-3-2-6-16-10)13-5-4-12-7-9(13)11(14)15/h2-3,6,8-9,12H,4-5,7H2,1H3,(H,14,15)/t8-,9-/m0/s1. The van der Waals surface area contributed by atoms with E-state index in [9.17, 15) is 9.90 Å². The van der Waals surface area contributed by atoms with Gasteiger partial charge in [0.15, 0.2) is 0 Å². The first-order chi connectivity index (χ1) is 7.70. The van der Waals surface area contributed by atoms with Crippen LogP contribution in [0.15, 0.2) is 17.5 Å². The van der Waals surface area contributed by atoms with Gasteiger partial charge in [-0.2, -0.15) is 0 Å².